The number of aliphatic carboxylic acids is 2. The van der Waals surface area contributed by atoms with Gasteiger partial charge in [0.25, 0.3) is 0 Å². The smallest absolute Gasteiger partial charge is 0.331 e. The summed E-state index contributed by atoms with van der Waals surface area (Å²) < 4.78 is 42.2. The van der Waals surface area contributed by atoms with Crippen LogP contribution in [0.25, 0.3) is 66.2 Å². The first-order chi connectivity index (χ1) is 48.5. The van der Waals surface area contributed by atoms with Gasteiger partial charge < -0.3 is 23.9 Å². The highest BCUT2D eigenvalue weighted by atomic mass is 32.2. The third kappa shape index (κ3) is 14.3. The van der Waals surface area contributed by atoms with Crippen LogP contribution in [0, 0.1) is 34.6 Å². The van der Waals surface area contributed by atoms with Gasteiger partial charge in [-0.25, -0.2) is 37.8 Å². The zero-order valence-electron chi connectivity index (χ0n) is 60.1. The van der Waals surface area contributed by atoms with E-state index in [4.69, 9.17) is 0 Å². The van der Waals surface area contributed by atoms with Gasteiger partial charge in [-0.15, -0.1) is 0 Å². The normalized spacial score (nSPS) is 12.8. The first kappa shape index (κ1) is 72.4. The number of aromatic nitrogens is 12. The number of rotatable bonds is 21. The molecule has 9 aromatic heterocycles. The van der Waals surface area contributed by atoms with Crippen LogP contribution < -0.4 is 21.8 Å². The van der Waals surface area contributed by atoms with Crippen molar-refractivity contribution >= 4 is 94.1 Å². The number of pyridine rings is 3. The average Bonchev–Trinajstić information content (AvgIpc) is 1.60. The summed E-state index contributed by atoms with van der Waals surface area (Å²) in [6, 6.07) is 35.5. The van der Waals surface area contributed by atoms with Crippen molar-refractivity contribution in [2.45, 2.75) is 157 Å². The van der Waals surface area contributed by atoms with E-state index < -0.39 is 50.7 Å². The molecule has 0 fully saturated rings. The van der Waals surface area contributed by atoms with Gasteiger partial charge in [0.05, 0.1) is 65.9 Å². The van der Waals surface area contributed by atoms with Crippen molar-refractivity contribution in [3.8, 4) is 0 Å². The monoisotopic (exact) mass is 1400 g/mol. The number of amides is 1. The van der Waals surface area contributed by atoms with Crippen LogP contribution in [-0.2, 0) is 65.2 Å². The molecule has 3 N–H and O–H groups in total. The van der Waals surface area contributed by atoms with Crippen LogP contribution in [0.3, 0.4) is 0 Å². The number of imidazole rings is 3. The number of carbonyl (C=O) groups is 3. The van der Waals surface area contributed by atoms with Crippen molar-refractivity contribution in [2.75, 3.05) is 0 Å². The zero-order valence-corrected chi connectivity index (χ0v) is 60.9. The molecule has 0 saturated carbocycles. The van der Waals surface area contributed by atoms with Gasteiger partial charge in [-0.2, -0.15) is 0 Å². The molecule has 4 aromatic carbocycles. The van der Waals surface area contributed by atoms with Crippen molar-refractivity contribution in [1.82, 2.24) is 60.8 Å². The highest BCUT2D eigenvalue weighted by Gasteiger charge is 2.33. The Labute approximate surface area is 590 Å². The maximum Gasteiger partial charge on any atom is 0.331 e. The quantitative estimate of drug-likeness (QED) is 0.0604. The van der Waals surface area contributed by atoms with E-state index >= 15 is 0 Å². The first-order valence-corrected chi connectivity index (χ1v) is 35.9. The van der Waals surface area contributed by atoms with E-state index in [2.05, 4.69) is 103 Å². The lowest BCUT2D eigenvalue weighted by molar-refractivity contribution is -0.138. The number of hydrogen-bond acceptors (Lipinski definition) is 11. The minimum atomic E-state index is -3.86. The van der Waals surface area contributed by atoms with E-state index in [9.17, 15) is 47.4 Å². The number of carbonyl (C=O) groups excluding carboxylic acids is 1. The van der Waals surface area contributed by atoms with E-state index in [1.54, 1.807) is 45.9 Å². The molecule has 9 heterocycles. The number of fused-ring (bicyclic) bond motifs is 6. The molecule has 0 bridgehead atoms. The summed E-state index contributed by atoms with van der Waals surface area (Å²) >= 11 is 0. The van der Waals surface area contributed by atoms with Crippen molar-refractivity contribution in [3.05, 3.63) is 228 Å². The molecule has 13 rings (SSSR count). The average molecular weight is 1400 g/mol. The molecule has 13 aromatic rings. The molecule has 0 aliphatic rings. The molecule has 1 amide bonds. The van der Waals surface area contributed by atoms with Crippen LogP contribution in [0.2, 0.25) is 0 Å². The minimum Gasteiger partial charge on any atom is -0.481 e. The van der Waals surface area contributed by atoms with Gasteiger partial charge in [0, 0.05) is 103 Å². The number of nitrogens with one attached hydrogen (secondary N) is 1. The van der Waals surface area contributed by atoms with Gasteiger partial charge in [-0.3, -0.25) is 46.5 Å². The molecule has 0 radical (unpaired) electrons. The molecule has 0 aliphatic heterocycles. The van der Waals surface area contributed by atoms with E-state index in [0.717, 1.165) is 94.8 Å². The van der Waals surface area contributed by atoms with E-state index in [0.29, 0.717) is 66.9 Å². The Kier molecular flexibility index (Phi) is 20.8. The van der Waals surface area contributed by atoms with Crippen molar-refractivity contribution < 1.29 is 33.0 Å². The summed E-state index contributed by atoms with van der Waals surface area (Å²) in [4.78, 5) is 91.3. The Balaban J connectivity index is 0.000000154. The molecular formula is C78H89N13O10S. The predicted molar refractivity (Wildman–Crippen MR) is 400 cm³/mol. The van der Waals surface area contributed by atoms with Crippen LogP contribution in [0.1, 0.15) is 148 Å². The van der Waals surface area contributed by atoms with Crippen LogP contribution in [0.5, 0.6) is 0 Å². The van der Waals surface area contributed by atoms with Gasteiger partial charge in [-0.05, 0) is 161 Å². The Morgan fingerprint density at radius 2 is 0.951 bits per heavy atom. The third-order valence-corrected chi connectivity index (χ3v) is 21.3. The number of nitrogens with zero attached hydrogens (tertiary/aromatic N) is 12. The number of carboxylic acid groups (broad SMARTS) is 2. The topological polar surface area (TPSA) is 272 Å². The fraction of sp³-hybridized carbons (Fsp3) is 0.346. The summed E-state index contributed by atoms with van der Waals surface area (Å²) in [6.45, 7) is 19.7. The maximum atomic E-state index is 13.9. The lowest BCUT2D eigenvalue weighted by Crippen LogP contribution is -2.43. The summed E-state index contributed by atoms with van der Waals surface area (Å²) in [5, 5.41) is 22.5. The lowest BCUT2D eigenvalue weighted by atomic mass is 10.0. The molecular weight excluding hydrogens is 1310 g/mol. The van der Waals surface area contributed by atoms with Crippen LogP contribution >= 0.6 is 0 Å². The van der Waals surface area contributed by atoms with Gasteiger partial charge >= 0.3 is 29.0 Å². The van der Waals surface area contributed by atoms with Gasteiger partial charge in [0.1, 0.15) is 0 Å². The zero-order chi connectivity index (χ0) is 73.4. The molecule has 0 aliphatic carbocycles. The van der Waals surface area contributed by atoms with Gasteiger partial charge in [-0.1, -0.05) is 93.4 Å². The van der Waals surface area contributed by atoms with Gasteiger partial charge in [0.2, 0.25) is 15.9 Å². The van der Waals surface area contributed by atoms with E-state index in [1.165, 1.54) is 20.8 Å². The van der Waals surface area contributed by atoms with Crippen molar-refractivity contribution in [3.63, 3.8) is 0 Å². The predicted octanol–water partition coefficient (Wildman–Crippen LogP) is 12.6. The van der Waals surface area contributed by atoms with E-state index in [-0.39, 0.29) is 36.3 Å². The number of sulfonamides is 1. The minimum absolute atomic E-state index is 0.101. The standard InChI is InChI=1S/C27H35N5O4S.C27H26N4O3.C24H28N4O3/c1-7-10-20(15-23(33)29-37(35,36)27(3,4)5)32-25-22(13-9-14-28-25)31(26(32)34)17-19-16-30(6)21-12-8-11-18(2)24(19)21;1-17-8-7-11-21-25(17)20(15-29(21)3)16-30-22-13-12-18(2)28-26(22)31(27(30)34)23(14-24(32)33)19-9-5-4-6-10-19;1-5-7-18(11-21(29)30)28-23-20(10-15(2)12-25-23)27(24(28)31)14-17-13-26(4)19-9-6-8-16(3)22(17)19/h8-9,11-14,16,20H,7,10,15,17H2,1-6H3,(H,29,33);4-13,15,23H,14,16H2,1-3H3,(H,32,33);6,8-10,12-13,18H,5,7,11,14H2,1-4H3,(H,29,30)/t20-;23-;18-/m010/s1. The van der Waals surface area contributed by atoms with Gasteiger partial charge in [0.15, 0.2) is 16.9 Å². The van der Waals surface area contributed by atoms with Crippen molar-refractivity contribution in [1.29, 1.82) is 0 Å². The Bertz CT molecular complexity index is 5670. The Morgan fingerprint density at radius 1 is 0.510 bits per heavy atom. The second kappa shape index (κ2) is 29.4. The fourth-order valence-electron chi connectivity index (χ4n) is 14.3. The number of carboxylic acids is 2. The summed E-state index contributed by atoms with van der Waals surface area (Å²) in [7, 11) is 2.13. The highest BCUT2D eigenvalue weighted by Crippen LogP contribution is 2.33. The molecule has 0 spiro atoms. The molecule has 102 heavy (non-hydrogen) atoms. The molecule has 532 valence electrons. The van der Waals surface area contributed by atoms with Crippen LogP contribution in [0.4, 0.5) is 0 Å². The summed E-state index contributed by atoms with van der Waals surface area (Å²) in [5.74, 6) is -2.52. The molecule has 0 saturated heterocycles. The Morgan fingerprint density at radius 3 is 1.42 bits per heavy atom. The molecule has 0 unspecified atom stereocenters. The fourth-order valence-corrected chi connectivity index (χ4v) is 15.0. The van der Waals surface area contributed by atoms with Crippen molar-refractivity contribution in [2.24, 2.45) is 21.1 Å². The SMILES string of the molecule is CCC[C@@H](CC(=O)NS(=O)(=O)C(C)(C)C)n1c(=O)n(Cc2cn(C)c3cccc(C)c23)c2cccnc21.CCC[C@@H](CC(=O)O)n1c(=O)n(Cc2cn(C)c3cccc(C)c23)c2cc(C)cnc21.Cc1ccc2c(n1)n([C@H](CC(=O)O)c1ccccc1)c(=O)n2Cc1cn(C)c2cccc(C)c12. The summed E-state index contributed by atoms with van der Waals surface area (Å²) in [6.07, 6.45) is 11.7. The Hall–Kier alpha value is -10.9. The van der Waals surface area contributed by atoms with E-state index in [1.807, 2.05) is 128 Å². The lowest BCUT2D eigenvalue weighted by Gasteiger charge is -2.21. The second-order valence-corrected chi connectivity index (χ2v) is 30.2. The highest BCUT2D eigenvalue weighted by molar-refractivity contribution is 7.91. The number of benzene rings is 4. The molecule has 23 nitrogen and oxygen atoms in total. The largest absolute Gasteiger partial charge is 0.481 e. The molecule has 24 heteroatoms. The van der Waals surface area contributed by atoms with Crippen LogP contribution in [0.15, 0.2) is 161 Å². The first-order valence-electron chi connectivity index (χ1n) is 34.4. The third-order valence-electron chi connectivity index (χ3n) is 19.2. The number of hydrogen-bond donors (Lipinski definition) is 3. The number of aryl methyl sites for hydroxylation is 8. The van der Waals surface area contributed by atoms with Crippen LogP contribution in [-0.4, -0.2) is 97.3 Å². The second-order valence-electron chi connectivity index (χ2n) is 27.8. The maximum absolute atomic E-state index is 13.9. The molecule has 3 atom stereocenters. The summed E-state index contributed by atoms with van der Waals surface area (Å²) in [5.41, 5.74) is 15.2.